The number of hydrogen-bond donors (Lipinski definition) is 1. The van der Waals surface area contributed by atoms with Crippen LogP contribution in [0.4, 0.5) is 0 Å². The Morgan fingerprint density at radius 1 is 0.717 bits per heavy atom. The number of nitrogens with zero attached hydrogens (tertiary/aromatic N) is 2. The molecule has 4 aromatic rings. The van der Waals surface area contributed by atoms with Crippen LogP contribution in [-0.4, -0.2) is 52.5 Å². The third-order valence-corrected chi connectivity index (χ3v) is 9.65. The van der Waals surface area contributed by atoms with Crippen LogP contribution in [0.2, 0.25) is 0 Å². The Morgan fingerprint density at radius 3 is 2.09 bits per heavy atom. The maximum Gasteiger partial charge on any atom is 0.261 e. The molecule has 4 aromatic carbocycles. The lowest BCUT2D eigenvalue weighted by Gasteiger charge is -2.43. The van der Waals surface area contributed by atoms with Gasteiger partial charge in [-0.25, -0.2) is 0 Å². The number of piperidine rings is 1. The van der Waals surface area contributed by atoms with Gasteiger partial charge in [-0.15, -0.1) is 0 Å². The molecule has 7 nitrogen and oxygen atoms in total. The van der Waals surface area contributed by atoms with Crippen LogP contribution in [0.5, 0.6) is 0 Å². The van der Waals surface area contributed by atoms with Crippen molar-refractivity contribution in [3.8, 4) is 11.1 Å². The van der Waals surface area contributed by atoms with Crippen molar-refractivity contribution in [1.82, 2.24) is 9.80 Å². The fraction of sp³-hybridized carbons (Fsp3) is 0.333. The van der Waals surface area contributed by atoms with E-state index in [1.807, 2.05) is 42.5 Å². The third-order valence-electron chi connectivity index (χ3n) is 9.65. The van der Waals surface area contributed by atoms with E-state index in [1.54, 1.807) is 24.3 Å². The van der Waals surface area contributed by atoms with Crippen LogP contribution in [0.25, 0.3) is 11.1 Å². The van der Waals surface area contributed by atoms with E-state index < -0.39 is 6.29 Å². The highest BCUT2D eigenvalue weighted by Gasteiger charge is 2.39. The van der Waals surface area contributed by atoms with Crippen LogP contribution in [0, 0.1) is 5.92 Å². The molecule has 0 aliphatic carbocycles. The van der Waals surface area contributed by atoms with Gasteiger partial charge in [-0.2, -0.15) is 0 Å². The Bertz CT molecular complexity index is 1680. The van der Waals surface area contributed by atoms with Gasteiger partial charge in [0.05, 0.1) is 36.5 Å². The number of aliphatic hydroxyl groups is 1. The van der Waals surface area contributed by atoms with Gasteiger partial charge in [0.25, 0.3) is 11.8 Å². The van der Waals surface area contributed by atoms with Crippen molar-refractivity contribution in [2.75, 3.05) is 19.6 Å². The van der Waals surface area contributed by atoms with Gasteiger partial charge in [-0.05, 0) is 78.0 Å². The zero-order chi connectivity index (χ0) is 31.6. The number of rotatable bonds is 8. The number of imide groups is 1. The van der Waals surface area contributed by atoms with Crippen LogP contribution in [-0.2, 0) is 22.6 Å². The molecule has 3 aliphatic rings. The molecule has 2 amide bonds. The van der Waals surface area contributed by atoms with Crippen molar-refractivity contribution >= 4 is 11.8 Å². The molecule has 2 fully saturated rings. The molecule has 236 valence electrons. The standard InChI is InChI=1S/C39H40N2O5/c1-26-35(24-40-19-5-2-6-20-40)45-39(46-36(26)29-17-15-27(25-42)16-18-29)32-12-8-11-31(22-32)30-10-7-9-28(21-30)23-41-37(43)33-13-3-4-14-34(33)38(41)44/h3-4,7-18,21-22,26,35-36,39,42H,2,5-6,19-20,23-25H2,1H3/t26-,35+,36+,39+/m0/s1. The smallest absolute Gasteiger partial charge is 0.261 e. The summed E-state index contributed by atoms with van der Waals surface area (Å²) in [5.41, 5.74) is 6.69. The monoisotopic (exact) mass is 616 g/mol. The van der Waals surface area contributed by atoms with Gasteiger partial charge in [0.15, 0.2) is 6.29 Å². The Hall–Kier alpha value is -4.14. The molecule has 3 heterocycles. The number of benzene rings is 4. The number of ether oxygens (including phenoxy) is 2. The molecule has 2 saturated heterocycles. The molecule has 7 heteroatoms. The summed E-state index contributed by atoms with van der Waals surface area (Å²) in [4.78, 5) is 29.8. The number of carbonyl (C=O) groups excluding carboxylic acids is 2. The minimum atomic E-state index is -0.546. The number of hydrogen-bond acceptors (Lipinski definition) is 6. The maximum atomic E-state index is 13.0. The lowest BCUT2D eigenvalue weighted by Crippen LogP contribution is -2.45. The average molecular weight is 617 g/mol. The highest BCUT2D eigenvalue weighted by Crippen LogP contribution is 2.42. The molecule has 7 rings (SSSR count). The van der Waals surface area contributed by atoms with E-state index in [1.165, 1.54) is 24.2 Å². The second-order valence-corrected chi connectivity index (χ2v) is 12.8. The van der Waals surface area contributed by atoms with E-state index >= 15 is 0 Å². The van der Waals surface area contributed by atoms with Crippen LogP contribution in [0.1, 0.15) is 81.5 Å². The Labute approximate surface area is 270 Å². The van der Waals surface area contributed by atoms with E-state index in [0.717, 1.165) is 53.0 Å². The molecule has 46 heavy (non-hydrogen) atoms. The summed E-state index contributed by atoms with van der Waals surface area (Å²) >= 11 is 0. The van der Waals surface area contributed by atoms with Crippen molar-refractivity contribution in [3.63, 3.8) is 0 Å². The quantitative estimate of drug-likeness (QED) is 0.217. The SMILES string of the molecule is C[C@H]1[C@@H](CN2CCCCC2)O[C@@H](c2cccc(-c3cccc(CN4C(=O)c5ccccc5C4=O)c3)c2)O[C@H]1c1ccc(CO)cc1. The second-order valence-electron chi connectivity index (χ2n) is 12.8. The van der Waals surface area contributed by atoms with Crippen molar-refractivity contribution in [2.45, 2.75) is 57.8 Å². The highest BCUT2D eigenvalue weighted by molar-refractivity contribution is 6.21. The largest absolute Gasteiger partial charge is 0.392 e. The summed E-state index contributed by atoms with van der Waals surface area (Å²) in [5, 5.41) is 9.59. The summed E-state index contributed by atoms with van der Waals surface area (Å²) in [5.74, 6) is -0.373. The van der Waals surface area contributed by atoms with Crippen molar-refractivity contribution in [3.05, 3.63) is 130 Å². The number of fused-ring (bicyclic) bond motifs is 1. The summed E-state index contributed by atoms with van der Waals surface area (Å²) < 4.78 is 13.5. The first-order chi connectivity index (χ1) is 22.5. The molecular formula is C39H40N2O5. The van der Waals surface area contributed by atoms with Gasteiger partial charge < -0.3 is 19.5 Å². The summed E-state index contributed by atoms with van der Waals surface area (Å²) in [7, 11) is 0. The van der Waals surface area contributed by atoms with Crippen molar-refractivity contribution < 1.29 is 24.2 Å². The average Bonchev–Trinajstić information content (AvgIpc) is 3.34. The molecular weight excluding hydrogens is 576 g/mol. The Kier molecular flexibility index (Phi) is 8.82. The highest BCUT2D eigenvalue weighted by atomic mass is 16.7. The van der Waals surface area contributed by atoms with Crippen LogP contribution in [0.3, 0.4) is 0 Å². The Morgan fingerprint density at radius 2 is 1.39 bits per heavy atom. The predicted octanol–water partition coefficient (Wildman–Crippen LogP) is 6.92. The summed E-state index contributed by atoms with van der Waals surface area (Å²) in [6.07, 6.45) is 3.02. The van der Waals surface area contributed by atoms with Gasteiger partial charge in [0.1, 0.15) is 0 Å². The normalized spacial score (nSPS) is 23.5. The molecule has 0 unspecified atom stereocenters. The van der Waals surface area contributed by atoms with E-state index in [2.05, 4.69) is 42.2 Å². The number of amides is 2. The van der Waals surface area contributed by atoms with E-state index in [-0.39, 0.29) is 43.1 Å². The first kappa shape index (κ1) is 30.5. The summed E-state index contributed by atoms with van der Waals surface area (Å²) in [6.45, 7) is 5.50. The maximum absolute atomic E-state index is 13.0. The molecule has 0 saturated carbocycles. The first-order valence-corrected chi connectivity index (χ1v) is 16.4. The lowest BCUT2D eigenvalue weighted by molar-refractivity contribution is -0.276. The minimum Gasteiger partial charge on any atom is -0.392 e. The Balaban J connectivity index is 1.14. The van der Waals surface area contributed by atoms with Crippen molar-refractivity contribution in [1.29, 1.82) is 0 Å². The number of likely N-dealkylation sites (tertiary alicyclic amines) is 1. The zero-order valence-electron chi connectivity index (χ0n) is 26.2. The van der Waals surface area contributed by atoms with E-state index in [4.69, 9.17) is 9.47 Å². The fourth-order valence-corrected chi connectivity index (χ4v) is 7.00. The third kappa shape index (κ3) is 6.16. The van der Waals surface area contributed by atoms with Gasteiger partial charge in [-0.3, -0.25) is 14.5 Å². The van der Waals surface area contributed by atoms with Gasteiger partial charge >= 0.3 is 0 Å². The zero-order valence-corrected chi connectivity index (χ0v) is 26.2. The van der Waals surface area contributed by atoms with E-state index in [0.29, 0.717) is 11.1 Å². The number of carbonyl (C=O) groups is 2. The molecule has 1 N–H and O–H groups in total. The van der Waals surface area contributed by atoms with Gasteiger partial charge in [0.2, 0.25) is 0 Å². The second kappa shape index (κ2) is 13.3. The number of aliphatic hydroxyl groups excluding tert-OH is 1. The molecule has 0 aromatic heterocycles. The predicted molar refractivity (Wildman–Crippen MR) is 176 cm³/mol. The fourth-order valence-electron chi connectivity index (χ4n) is 7.00. The topological polar surface area (TPSA) is 79.3 Å². The molecule has 0 bridgehead atoms. The lowest BCUT2D eigenvalue weighted by atomic mass is 9.89. The van der Waals surface area contributed by atoms with Crippen LogP contribution in [0.15, 0.2) is 97.1 Å². The molecule has 0 radical (unpaired) electrons. The van der Waals surface area contributed by atoms with Crippen LogP contribution >= 0.6 is 0 Å². The van der Waals surface area contributed by atoms with Gasteiger partial charge in [0, 0.05) is 18.0 Å². The summed E-state index contributed by atoms with van der Waals surface area (Å²) in [6, 6.07) is 31.3. The van der Waals surface area contributed by atoms with E-state index in [9.17, 15) is 14.7 Å². The molecule has 4 atom stereocenters. The van der Waals surface area contributed by atoms with Gasteiger partial charge in [-0.1, -0.05) is 86.1 Å². The molecule has 0 spiro atoms. The first-order valence-electron chi connectivity index (χ1n) is 16.4. The van der Waals surface area contributed by atoms with Crippen molar-refractivity contribution in [2.24, 2.45) is 5.92 Å². The molecule has 3 aliphatic heterocycles. The van der Waals surface area contributed by atoms with Crippen LogP contribution < -0.4 is 0 Å². The minimum absolute atomic E-state index is 0.00832.